The van der Waals surface area contributed by atoms with Crippen molar-refractivity contribution in [3.8, 4) is 10.8 Å². The highest BCUT2D eigenvalue weighted by molar-refractivity contribution is 7.13. The van der Waals surface area contributed by atoms with Crippen LogP contribution in [0.4, 0.5) is 18.9 Å². The van der Waals surface area contributed by atoms with Gasteiger partial charge in [-0.2, -0.15) is 18.2 Å². The summed E-state index contributed by atoms with van der Waals surface area (Å²) in [5.41, 5.74) is -0.569. The molecule has 1 unspecified atom stereocenters. The lowest BCUT2D eigenvalue weighted by Gasteiger charge is -2.18. The second kappa shape index (κ2) is 6.24. The van der Waals surface area contributed by atoms with Crippen LogP contribution in [0.15, 0.2) is 46.3 Å². The van der Waals surface area contributed by atoms with E-state index in [0.29, 0.717) is 11.7 Å². The maximum absolute atomic E-state index is 12.9. The fourth-order valence-electron chi connectivity index (χ4n) is 2.88. The Morgan fingerprint density at radius 1 is 1.23 bits per heavy atom. The number of thiophene rings is 1. The summed E-state index contributed by atoms with van der Waals surface area (Å²) in [6.45, 7) is 0.212. The van der Waals surface area contributed by atoms with E-state index in [9.17, 15) is 18.0 Å². The van der Waals surface area contributed by atoms with E-state index >= 15 is 0 Å². The first-order valence-corrected chi connectivity index (χ1v) is 8.65. The van der Waals surface area contributed by atoms with Gasteiger partial charge in [0, 0.05) is 24.6 Å². The molecule has 1 saturated heterocycles. The van der Waals surface area contributed by atoms with Crippen LogP contribution in [0.5, 0.6) is 0 Å². The van der Waals surface area contributed by atoms with Gasteiger partial charge in [-0.25, -0.2) is 0 Å². The van der Waals surface area contributed by atoms with Crippen molar-refractivity contribution >= 4 is 22.9 Å². The predicted octanol–water partition coefficient (Wildman–Crippen LogP) is 4.34. The molecule has 1 fully saturated rings. The van der Waals surface area contributed by atoms with Gasteiger partial charge in [-0.3, -0.25) is 4.79 Å². The van der Waals surface area contributed by atoms with Crippen LogP contribution in [0.3, 0.4) is 0 Å². The number of hydrogen-bond donors (Lipinski definition) is 0. The topological polar surface area (TPSA) is 59.2 Å². The molecule has 0 spiro atoms. The van der Waals surface area contributed by atoms with E-state index in [1.54, 1.807) is 0 Å². The van der Waals surface area contributed by atoms with Gasteiger partial charge in [-0.1, -0.05) is 17.3 Å². The van der Waals surface area contributed by atoms with E-state index < -0.39 is 11.7 Å². The zero-order valence-corrected chi connectivity index (χ0v) is 14.0. The number of alkyl halides is 3. The SMILES string of the molecule is O=C1CC(c2noc(-c3cccs3)n2)CN1c1cccc(C(F)(F)F)c1. The maximum Gasteiger partial charge on any atom is 0.416 e. The first-order valence-electron chi connectivity index (χ1n) is 7.77. The standard InChI is InChI=1S/C17H12F3N3O2S/c18-17(19,20)11-3-1-4-12(8-11)23-9-10(7-14(23)24)15-21-16(25-22-15)13-5-2-6-26-13/h1-6,8,10H,7,9H2. The van der Waals surface area contributed by atoms with Crippen LogP contribution in [-0.2, 0) is 11.0 Å². The van der Waals surface area contributed by atoms with Gasteiger partial charge in [0.2, 0.25) is 5.91 Å². The number of hydrogen-bond acceptors (Lipinski definition) is 5. The van der Waals surface area contributed by atoms with Gasteiger partial charge >= 0.3 is 6.18 Å². The molecule has 0 aliphatic carbocycles. The Labute approximate surface area is 150 Å². The fraction of sp³-hybridized carbons (Fsp3) is 0.235. The maximum atomic E-state index is 12.9. The lowest BCUT2D eigenvalue weighted by molar-refractivity contribution is -0.137. The number of benzene rings is 1. The third kappa shape index (κ3) is 3.10. The zero-order valence-electron chi connectivity index (χ0n) is 13.2. The fourth-order valence-corrected chi connectivity index (χ4v) is 3.53. The van der Waals surface area contributed by atoms with E-state index in [-0.39, 0.29) is 30.5 Å². The van der Waals surface area contributed by atoms with E-state index in [1.807, 2.05) is 17.5 Å². The summed E-state index contributed by atoms with van der Waals surface area (Å²) in [5.74, 6) is 0.169. The number of anilines is 1. The van der Waals surface area contributed by atoms with E-state index in [0.717, 1.165) is 17.0 Å². The van der Waals surface area contributed by atoms with Crippen LogP contribution in [0.1, 0.15) is 23.7 Å². The summed E-state index contributed by atoms with van der Waals surface area (Å²) in [5, 5.41) is 5.82. The number of aromatic nitrogens is 2. The molecule has 134 valence electrons. The molecule has 4 rings (SSSR count). The molecule has 5 nitrogen and oxygen atoms in total. The minimum atomic E-state index is -4.46. The molecule has 2 aromatic heterocycles. The molecule has 3 aromatic rings. The van der Waals surface area contributed by atoms with Crippen molar-refractivity contribution in [2.75, 3.05) is 11.4 Å². The van der Waals surface area contributed by atoms with Crippen LogP contribution < -0.4 is 4.90 Å². The summed E-state index contributed by atoms with van der Waals surface area (Å²) < 4.78 is 43.9. The normalized spacial score (nSPS) is 17.9. The van der Waals surface area contributed by atoms with Gasteiger partial charge in [-0.15, -0.1) is 11.3 Å². The molecule has 1 aliphatic rings. The number of nitrogens with zero attached hydrogens (tertiary/aromatic N) is 3. The number of rotatable bonds is 3. The number of carbonyl (C=O) groups is 1. The summed E-state index contributed by atoms with van der Waals surface area (Å²) in [6, 6.07) is 8.45. The van der Waals surface area contributed by atoms with Crippen LogP contribution in [0.25, 0.3) is 10.8 Å². The predicted molar refractivity (Wildman–Crippen MR) is 88.8 cm³/mol. The first kappa shape index (κ1) is 16.8. The van der Waals surface area contributed by atoms with Crippen molar-refractivity contribution in [3.05, 3.63) is 53.2 Å². The molecule has 26 heavy (non-hydrogen) atoms. The van der Waals surface area contributed by atoms with Gasteiger partial charge < -0.3 is 9.42 Å². The molecule has 9 heteroatoms. The molecule has 1 atom stereocenters. The molecule has 0 radical (unpaired) electrons. The van der Waals surface area contributed by atoms with Gasteiger partial charge in [0.15, 0.2) is 5.82 Å². The van der Waals surface area contributed by atoms with E-state index in [4.69, 9.17) is 4.52 Å². The van der Waals surface area contributed by atoms with Crippen molar-refractivity contribution in [2.45, 2.75) is 18.5 Å². The number of carbonyl (C=O) groups excluding carboxylic acids is 1. The van der Waals surface area contributed by atoms with Crippen molar-refractivity contribution in [2.24, 2.45) is 0 Å². The Kier molecular flexibility index (Phi) is 4.03. The van der Waals surface area contributed by atoms with Crippen LogP contribution in [0, 0.1) is 0 Å². The van der Waals surface area contributed by atoms with Crippen molar-refractivity contribution in [1.29, 1.82) is 0 Å². The van der Waals surface area contributed by atoms with Crippen LogP contribution in [0.2, 0.25) is 0 Å². The van der Waals surface area contributed by atoms with Gasteiger partial charge in [0.25, 0.3) is 5.89 Å². The minimum absolute atomic E-state index is 0.125. The molecule has 1 aromatic carbocycles. The average molecular weight is 379 g/mol. The second-order valence-electron chi connectivity index (χ2n) is 5.89. The smallest absolute Gasteiger partial charge is 0.333 e. The summed E-state index contributed by atoms with van der Waals surface area (Å²) in [4.78, 5) is 18.8. The second-order valence-corrected chi connectivity index (χ2v) is 6.84. The van der Waals surface area contributed by atoms with Gasteiger partial charge in [0.05, 0.1) is 10.4 Å². The highest BCUT2D eigenvalue weighted by atomic mass is 32.1. The number of halogens is 3. The Bertz CT molecular complexity index is 937. The molecule has 0 bridgehead atoms. The molecular formula is C17H12F3N3O2S. The highest BCUT2D eigenvalue weighted by Gasteiger charge is 2.36. The zero-order chi connectivity index (χ0) is 18.3. The highest BCUT2D eigenvalue weighted by Crippen LogP contribution is 2.35. The lowest BCUT2D eigenvalue weighted by Crippen LogP contribution is -2.24. The molecule has 1 aliphatic heterocycles. The molecule has 0 saturated carbocycles. The van der Waals surface area contributed by atoms with Crippen molar-refractivity contribution in [1.82, 2.24) is 10.1 Å². The van der Waals surface area contributed by atoms with Crippen molar-refractivity contribution < 1.29 is 22.5 Å². The summed E-state index contributed by atoms with van der Waals surface area (Å²) in [7, 11) is 0. The third-order valence-electron chi connectivity index (χ3n) is 4.15. The quantitative estimate of drug-likeness (QED) is 0.679. The largest absolute Gasteiger partial charge is 0.416 e. The lowest BCUT2D eigenvalue weighted by atomic mass is 10.1. The van der Waals surface area contributed by atoms with E-state index in [2.05, 4.69) is 10.1 Å². The molecule has 3 heterocycles. The molecular weight excluding hydrogens is 367 g/mol. The van der Waals surface area contributed by atoms with Gasteiger partial charge in [0.1, 0.15) is 0 Å². The monoisotopic (exact) mass is 379 g/mol. The Hall–Kier alpha value is -2.68. The average Bonchev–Trinajstić information content (AvgIpc) is 3.34. The minimum Gasteiger partial charge on any atom is -0.333 e. The van der Waals surface area contributed by atoms with Crippen LogP contribution in [-0.4, -0.2) is 22.6 Å². The van der Waals surface area contributed by atoms with E-state index in [1.165, 1.54) is 28.4 Å². The number of amides is 1. The first-order chi connectivity index (χ1) is 12.4. The third-order valence-corrected chi connectivity index (χ3v) is 5.01. The summed E-state index contributed by atoms with van der Waals surface area (Å²) >= 11 is 1.45. The Morgan fingerprint density at radius 3 is 2.81 bits per heavy atom. The van der Waals surface area contributed by atoms with Gasteiger partial charge in [-0.05, 0) is 29.6 Å². The van der Waals surface area contributed by atoms with Crippen molar-refractivity contribution in [3.63, 3.8) is 0 Å². The Morgan fingerprint density at radius 2 is 2.08 bits per heavy atom. The molecule has 1 amide bonds. The molecule has 0 N–H and O–H groups in total. The summed E-state index contributed by atoms with van der Waals surface area (Å²) in [6.07, 6.45) is -4.33. The Balaban J connectivity index is 1.56. The van der Waals surface area contributed by atoms with Crippen LogP contribution >= 0.6 is 11.3 Å².